The molecule has 0 N–H and O–H groups in total. The predicted molar refractivity (Wildman–Crippen MR) is 279 cm³/mol. The van der Waals surface area contributed by atoms with Crippen molar-refractivity contribution in [1.29, 1.82) is 0 Å². The molecule has 0 saturated carbocycles. The van der Waals surface area contributed by atoms with Gasteiger partial charge in [-0.15, -0.1) is 0 Å². The summed E-state index contributed by atoms with van der Waals surface area (Å²) < 4.78 is 17.5. The zero-order valence-electron chi connectivity index (χ0n) is 43.6. The van der Waals surface area contributed by atoms with E-state index in [-0.39, 0.29) is 18.5 Å². The van der Waals surface area contributed by atoms with Crippen molar-refractivity contribution in [3.05, 3.63) is 24.3 Å². The van der Waals surface area contributed by atoms with Crippen LogP contribution >= 0.6 is 0 Å². The molecule has 0 aliphatic carbocycles. The molecule has 5 heteroatoms. The average Bonchev–Trinajstić information content (AvgIpc) is 3.30. The van der Waals surface area contributed by atoms with Crippen LogP contribution in [-0.2, 0) is 23.8 Å². The highest BCUT2D eigenvalue weighted by atomic mass is 16.6. The van der Waals surface area contributed by atoms with Gasteiger partial charge < -0.3 is 14.2 Å². The molecular weight excluding hydrogens is 789 g/mol. The molecule has 0 rings (SSSR count). The smallest absolute Gasteiger partial charge is 0.306 e. The van der Waals surface area contributed by atoms with Gasteiger partial charge >= 0.3 is 11.9 Å². The number of unbranched alkanes of at least 4 members (excludes halogenated alkanes) is 39. The van der Waals surface area contributed by atoms with Crippen LogP contribution in [0.25, 0.3) is 0 Å². The second kappa shape index (κ2) is 55.7. The Hall–Kier alpha value is -1.62. The van der Waals surface area contributed by atoms with Crippen LogP contribution < -0.4 is 0 Å². The minimum Gasteiger partial charge on any atom is -0.462 e. The molecule has 0 bridgehead atoms. The van der Waals surface area contributed by atoms with Crippen molar-refractivity contribution in [1.82, 2.24) is 0 Å². The van der Waals surface area contributed by atoms with Crippen molar-refractivity contribution < 1.29 is 23.8 Å². The Bertz CT molecular complexity index is 974. The van der Waals surface area contributed by atoms with Crippen LogP contribution in [0.5, 0.6) is 0 Å². The highest BCUT2D eigenvalue weighted by Gasteiger charge is 2.17. The van der Waals surface area contributed by atoms with E-state index in [0.717, 1.165) is 32.1 Å². The second-order valence-corrected chi connectivity index (χ2v) is 19.5. The SMILES string of the molecule is CCCCCCCC/C=C\CCCCCCCCCCCC(=O)OCC(COCCCCCCCCCCCCCC)OC(=O)CCCCCCCCC/C=C\CCCCCCCC. The maximum absolute atomic E-state index is 12.8. The lowest BCUT2D eigenvalue weighted by Gasteiger charge is -2.18. The summed E-state index contributed by atoms with van der Waals surface area (Å²) in [5, 5.41) is 0. The molecule has 0 aromatic carbocycles. The fourth-order valence-electron chi connectivity index (χ4n) is 8.62. The summed E-state index contributed by atoms with van der Waals surface area (Å²) >= 11 is 0. The Balaban J connectivity index is 4.19. The molecule has 0 saturated heterocycles. The molecule has 0 aromatic rings. The predicted octanol–water partition coefficient (Wildman–Crippen LogP) is 19.6. The van der Waals surface area contributed by atoms with Crippen LogP contribution in [0.15, 0.2) is 24.3 Å². The maximum atomic E-state index is 12.8. The molecule has 378 valence electrons. The summed E-state index contributed by atoms with van der Waals surface area (Å²) in [4.78, 5) is 25.5. The van der Waals surface area contributed by atoms with Crippen LogP contribution in [-0.4, -0.2) is 37.9 Å². The first-order chi connectivity index (χ1) is 31.6. The quantitative estimate of drug-likeness (QED) is 0.0346. The van der Waals surface area contributed by atoms with Gasteiger partial charge in [-0.3, -0.25) is 9.59 Å². The van der Waals surface area contributed by atoms with Gasteiger partial charge in [0.25, 0.3) is 0 Å². The number of carbonyl (C=O) groups is 2. The van der Waals surface area contributed by atoms with E-state index in [1.807, 2.05) is 0 Å². The number of allylic oxidation sites excluding steroid dienone is 4. The first-order valence-electron chi connectivity index (χ1n) is 28.9. The van der Waals surface area contributed by atoms with Crippen LogP contribution in [0.3, 0.4) is 0 Å². The van der Waals surface area contributed by atoms with E-state index in [9.17, 15) is 9.59 Å². The zero-order chi connectivity index (χ0) is 46.3. The summed E-state index contributed by atoms with van der Waals surface area (Å²) in [7, 11) is 0. The minimum atomic E-state index is -0.533. The third-order valence-electron chi connectivity index (χ3n) is 13.0. The van der Waals surface area contributed by atoms with Gasteiger partial charge in [0.05, 0.1) is 6.61 Å². The molecule has 0 spiro atoms. The molecule has 5 nitrogen and oxygen atoms in total. The van der Waals surface area contributed by atoms with Crippen LogP contribution in [0, 0.1) is 0 Å². The van der Waals surface area contributed by atoms with E-state index in [4.69, 9.17) is 14.2 Å². The average molecular weight is 902 g/mol. The Morgan fingerprint density at radius 3 is 0.953 bits per heavy atom. The maximum Gasteiger partial charge on any atom is 0.306 e. The number of esters is 2. The lowest BCUT2D eigenvalue weighted by atomic mass is 10.1. The van der Waals surface area contributed by atoms with E-state index in [2.05, 4.69) is 45.1 Å². The summed E-state index contributed by atoms with van der Waals surface area (Å²) in [5.41, 5.74) is 0. The highest BCUT2D eigenvalue weighted by molar-refractivity contribution is 5.70. The number of rotatable bonds is 54. The van der Waals surface area contributed by atoms with Crippen LogP contribution in [0.4, 0.5) is 0 Å². The van der Waals surface area contributed by atoms with E-state index in [1.165, 1.54) is 250 Å². The van der Waals surface area contributed by atoms with Crippen molar-refractivity contribution in [3.63, 3.8) is 0 Å². The molecule has 0 aromatic heterocycles. The summed E-state index contributed by atoms with van der Waals surface area (Å²) in [5.74, 6) is -0.384. The fourth-order valence-corrected chi connectivity index (χ4v) is 8.62. The zero-order valence-corrected chi connectivity index (χ0v) is 43.6. The largest absolute Gasteiger partial charge is 0.462 e. The molecule has 0 heterocycles. The summed E-state index contributed by atoms with van der Waals surface area (Å²) in [6.07, 6.45) is 66.2. The van der Waals surface area contributed by atoms with E-state index < -0.39 is 6.10 Å². The highest BCUT2D eigenvalue weighted by Crippen LogP contribution is 2.16. The molecule has 0 aliphatic heterocycles. The van der Waals surface area contributed by atoms with E-state index in [0.29, 0.717) is 26.1 Å². The van der Waals surface area contributed by atoms with Crippen molar-refractivity contribution in [3.8, 4) is 0 Å². The third kappa shape index (κ3) is 53.0. The number of hydrogen-bond donors (Lipinski definition) is 0. The minimum absolute atomic E-state index is 0.0895. The standard InChI is InChI=1S/C59H112O5/c1-4-7-10-13-16-19-22-25-27-29-30-32-33-35-37-40-43-46-49-52-58(60)63-56-57(55-62-54-51-48-45-42-39-24-21-18-15-12-9-6-3)64-59(61)53-50-47-44-41-38-36-34-31-28-26-23-20-17-14-11-8-5-2/h25-28,57H,4-24,29-56H2,1-3H3/b27-25-,28-26-. The number of hydrogen-bond acceptors (Lipinski definition) is 5. The molecule has 1 unspecified atom stereocenters. The molecule has 0 fully saturated rings. The normalized spacial score (nSPS) is 12.2. The van der Waals surface area contributed by atoms with Crippen LogP contribution in [0.1, 0.15) is 316 Å². The van der Waals surface area contributed by atoms with Gasteiger partial charge in [-0.05, 0) is 70.6 Å². The monoisotopic (exact) mass is 901 g/mol. The second-order valence-electron chi connectivity index (χ2n) is 19.5. The van der Waals surface area contributed by atoms with Gasteiger partial charge in [-0.1, -0.05) is 257 Å². The lowest BCUT2D eigenvalue weighted by Crippen LogP contribution is -2.30. The van der Waals surface area contributed by atoms with Crippen molar-refractivity contribution in [2.45, 2.75) is 322 Å². The molecular formula is C59H112O5. The molecule has 64 heavy (non-hydrogen) atoms. The Morgan fingerprint density at radius 1 is 0.328 bits per heavy atom. The van der Waals surface area contributed by atoms with E-state index >= 15 is 0 Å². The Labute approximate surface area is 400 Å². The fraction of sp³-hybridized carbons (Fsp3) is 0.898. The van der Waals surface area contributed by atoms with Gasteiger partial charge in [-0.25, -0.2) is 0 Å². The van der Waals surface area contributed by atoms with Crippen molar-refractivity contribution >= 4 is 11.9 Å². The van der Waals surface area contributed by atoms with Crippen LogP contribution in [0.2, 0.25) is 0 Å². The van der Waals surface area contributed by atoms with Gasteiger partial charge in [0.2, 0.25) is 0 Å². The molecule has 1 atom stereocenters. The summed E-state index contributed by atoms with van der Waals surface area (Å²) in [6, 6.07) is 0. The van der Waals surface area contributed by atoms with E-state index in [1.54, 1.807) is 0 Å². The topological polar surface area (TPSA) is 61.8 Å². The first kappa shape index (κ1) is 62.4. The van der Waals surface area contributed by atoms with Gasteiger partial charge in [-0.2, -0.15) is 0 Å². The van der Waals surface area contributed by atoms with Gasteiger partial charge in [0.1, 0.15) is 6.61 Å². The molecule has 0 radical (unpaired) electrons. The lowest BCUT2D eigenvalue weighted by molar-refractivity contribution is -0.163. The van der Waals surface area contributed by atoms with Crippen molar-refractivity contribution in [2.24, 2.45) is 0 Å². The Morgan fingerprint density at radius 2 is 0.609 bits per heavy atom. The third-order valence-corrected chi connectivity index (χ3v) is 13.0. The number of ether oxygens (including phenoxy) is 3. The van der Waals surface area contributed by atoms with Gasteiger partial charge in [0, 0.05) is 19.4 Å². The van der Waals surface area contributed by atoms with Crippen molar-refractivity contribution in [2.75, 3.05) is 19.8 Å². The summed E-state index contributed by atoms with van der Waals surface area (Å²) in [6.45, 7) is 7.88. The first-order valence-corrected chi connectivity index (χ1v) is 28.9. The Kier molecular flexibility index (Phi) is 54.3. The molecule has 0 amide bonds. The number of carbonyl (C=O) groups excluding carboxylic acids is 2. The molecule has 0 aliphatic rings. The van der Waals surface area contributed by atoms with Gasteiger partial charge in [0.15, 0.2) is 6.10 Å².